The monoisotopic (exact) mass is 647 g/mol. The topological polar surface area (TPSA) is 7.12 Å². The van der Waals surface area contributed by atoms with E-state index in [0.29, 0.717) is 14.5 Å². The fourth-order valence-corrected chi connectivity index (χ4v) is 12.4. The second-order valence-electron chi connectivity index (χ2n) is 11.6. The van der Waals surface area contributed by atoms with Crippen LogP contribution in [0.4, 0.5) is 5.69 Å². The van der Waals surface area contributed by atoms with E-state index in [1.165, 1.54) is 88.9 Å². The summed E-state index contributed by atoms with van der Waals surface area (Å²) in [5.74, 6) is 0.737. The third-order valence-electron chi connectivity index (χ3n) is 9.32. The number of benzene rings is 2. The van der Waals surface area contributed by atoms with Crippen LogP contribution in [0.15, 0.2) is 78.9 Å². The van der Waals surface area contributed by atoms with Crippen LogP contribution in [0.5, 0.6) is 0 Å². The van der Waals surface area contributed by atoms with Gasteiger partial charge in [0.05, 0.1) is 0 Å². The van der Waals surface area contributed by atoms with E-state index in [1.54, 1.807) is 36.6 Å². The first-order valence-corrected chi connectivity index (χ1v) is 19.7. The van der Waals surface area contributed by atoms with E-state index in [9.17, 15) is 0 Å². The van der Waals surface area contributed by atoms with Crippen LogP contribution in [0.1, 0.15) is 54.2 Å². The standard InChI is InChI=1S/C34H35N2S3Se/c1-37-27-11-12-29-33-25(27)5-3-15-35(33)31(39-29)19-21-7-9-23-10-8-22(18-24(23)17-21)20-32-36-16-4-6-26-28(38-2)13-14-30(40-32)34(26)36/h11-14,17-20,23H,3-10,15-16H2,1-2H3/q+1. The van der Waals surface area contributed by atoms with Gasteiger partial charge in [0.25, 0.3) is 0 Å². The van der Waals surface area contributed by atoms with Crippen molar-refractivity contribution in [1.82, 2.24) is 0 Å². The molecule has 0 saturated carbocycles. The summed E-state index contributed by atoms with van der Waals surface area (Å²) in [5, 5.41) is 1.44. The molecule has 204 valence electrons. The molecule has 0 spiro atoms. The maximum absolute atomic E-state index is 2.68. The summed E-state index contributed by atoms with van der Waals surface area (Å²) >= 11 is 6.23. The molecule has 0 N–H and O–H groups in total. The Bertz CT molecular complexity index is 1670. The number of allylic oxidation sites excluding steroid dienone is 6. The molecule has 1 atom stereocenters. The van der Waals surface area contributed by atoms with Gasteiger partial charge in [-0.3, -0.25) is 0 Å². The van der Waals surface area contributed by atoms with Gasteiger partial charge in [-0.2, -0.15) is 0 Å². The first kappa shape index (κ1) is 26.1. The number of hydrogen-bond donors (Lipinski definition) is 0. The maximum atomic E-state index is 2.68. The van der Waals surface area contributed by atoms with Crippen LogP contribution in [0.3, 0.4) is 0 Å². The molecule has 3 aliphatic heterocycles. The van der Waals surface area contributed by atoms with Crippen LogP contribution in [-0.4, -0.2) is 33.6 Å². The molecule has 0 fully saturated rings. The zero-order chi connectivity index (χ0) is 26.8. The van der Waals surface area contributed by atoms with Crippen molar-refractivity contribution in [1.29, 1.82) is 0 Å². The number of aryl methyl sites for hydroxylation is 2. The summed E-state index contributed by atoms with van der Waals surface area (Å²) in [7, 11) is 0. The molecular formula is C34H35N2S3Se+. The fraction of sp³-hybridized carbons (Fsp3) is 0.382. The molecule has 5 aliphatic rings. The normalized spacial score (nSPS) is 23.4. The van der Waals surface area contributed by atoms with Gasteiger partial charge in [-0.05, 0) is 18.7 Å². The average molecular weight is 647 g/mol. The number of hydrogen-bond acceptors (Lipinski definition) is 4. The number of nitrogens with zero attached hydrogens (tertiary/aromatic N) is 2. The van der Waals surface area contributed by atoms with Crippen LogP contribution in [0.2, 0.25) is 0 Å². The van der Waals surface area contributed by atoms with Gasteiger partial charge in [-0.25, -0.2) is 0 Å². The zero-order valence-electron chi connectivity index (χ0n) is 23.3. The van der Waals surface area contributed by atoms with Crippen LogP contribution in [0.25, 0.3) is 15.9 Å². The van der Waals surface area contributed by atoms with Crippen molar-refractivity contribution in [3.8, 4) is 0 Å². The Labute approximate surface area is 256 Å². The predicted octanol–water partition coefficient (Wildman–Crippen LogP) is 8.41. The van der Waals surface area contributed by atoms with Gasteiger partial charge in [-0.1, -0.05) is 0 Å². The molecule has 0 bridgehead atoms. The zero-order valence-corrected chi connectivity index (χ0v) is 27.5. The molecule has 1 unspecified atom stereocenters. The SMILES string of the molecule is CSc1ccc2c3c1CCCN3/C(=C/C1=CC3=C/C(=C/c4[se]c5ccc(SC)c6c5[n+]4CCC6)CCC3CC1)S2. The van der Waals surface area contributed by atoms with Crippen molar-refractivity contribution in [3.05, 3.63) is 79.9 Å². The van der Waals surface area contributed by atoms with Crippen molar-refractivity contribution in [2.24, 2.45) is 5.92 Å². The Morgan fingerprint density at radius 1 is 0.925 bits per heavy atom. The number of fused-ring (bicyclic) bond motifs is 1. The summed E-state index contributed by atoms with van der Waals surface area (Å²) in [6.07, 6.45) is 24.7. The van der Waals surface area contributed by atoms with Crippen LogP contribution in [0, 0.1) is 5.92 Å². The molecule has 6 heteroatoms. The summed E-state index contributed by atoms with van der Waals surface area (Å²) < 4.78 is 5.86. The van der Waals surface area contributed by atoms with Gasteiger partial charge < -0.3 is 0 Å². The quantitative estimate of drug-likeness (QED) is 0.160. The van der Waals surface area contributed by atoms with Gasteiger partial charge in [0, 0.05) is 4.90 Å². The summed E-state index contributed by atoms with van der Waals surface area (Å²) in [5.41, 5.74) is 10.9. The molecule has 0 amide bonds. The van der Waals surface area contributed by atoms with Crippen molar-refractivity contribution in [2.45, 2.75) is 72.6 Å². The number of anilines is 1. The van der Waals surface area contributed by atoms with Gasteiger partial charge in [0.1, 0.15) is 0 Å². The Kier molecular flexibility index (Phi) is 6.92. The van der Waals surface area contributed by atoms with E-state index in [2.05, 4.69) is 70.5 Å². The van der Waals surface area contributed by atoms with Crippen molar-refractivity contribution < 1.29 is 4.57 Å². The predicted molar refractivity (Wildman–Crippen MR) is 175 cm³/mol. The summed E-state index contributed by atoms with van der Waals surface area (Å²) in [4.78, 5) is 7.03. The van der Waals surface area contributed by atoms with E-state index in [1.807, 2.05) is 35.3 Å². The van der Waals surface area contributed by atoms with E-state index >= 15 is 0 Å². The Morgan fingerprint density at radius 3 is 2.65 bits per heavy atom. The van der Waals surface area contributed by atoms with Crippen LogP contribution in [-0.2, 0) is 19.4 Å². The molecule has 40 heavy (non-hydrogen) atoms. The molecule has 3 aromatic rings. The second-order valence-corrected chi connectivity index (χ2v) is 16.6. The van der Waals surface area contributed by atoms with Crippen molar-refractivity contribution in [2.75, 3.05) is 24.0 Å². The Morgan fingerprint density at radius 2 is 1.75 bits per heavy atom. The molecule has 0 radical (unpaired) electrons. The van der Waals surface area contributed by atoms with E-state index in [-0.39, 0.29) is 0 Å². The number of aromatic nitrogens is 1. The first-order chi connectivity index (χ1) is 19.7. The third kappa shape index (κ3) is 4.36. The van der Waals surface area contributed by atoms with E-state index in [0.717, 1.165) is 12.5 Å². The molecule has 0 saturated heterocycles. The molecule has 4 heterocycles. The molecule has 1 aromatic heterocycles. The van der Waals surface area contributed by atoms with Crippen molar-refractivity contribution >= 4 is 71.3 Å². The third-order valence-corrected chi connectivity index (χ3v) is 14.4. The average Bonchev–Trinajstić information content (AvgIpc) is 3.53. The second kappa shape index (κ2) is 10.6. The summed E-state index contributed by atoms with van der Waals surface area (Å²) in [6, 6.07) is 9.50. The summed E-state index contributed by atoms with van der Waals surface area (Å²) in [6.45, 7) is 2.34. The van der Waals surface area contributed by atoms with Gasteiger partial charge in [0.2, 0.25) is 0 Å². The minimum atomic E-state index is 0.420. The molecule has 2 nitrogen and oxygen atoms in total. The van der Waals surface area contributed by atoms with Crippen molar-refractivity contribution in [3.63, 3.8) is 0 Å². The molecular weight excluding hydrogens is 612 g/mol. The Balaban J connectivity index is 1.12. The molecule has 8 rings (SSSR count). The fourth-order valence-electron chi connectivity index (χ4n) is 7.41. The minimum absolute atomic E-state index is 0.420. The van der Waals surface area contributed by atoms with E-state index < -0.39 is 0 Å². The van der Waals surface area contributed by atoms with Gasteiger partial charge in [-0.15, -0.1) is 11.8 Å². The molecule has 2 aliphatic carbocycles. The van der Waals surface area contributed by atoms with Gasteiger partial charge in [0.15, 0.2) is 0 Å². The molecule has 2 aromatic carbocycles. The first-order valence-electron chi connectivity index (χ1n) is 14.7. The van der Waals surface area contributed by atoms with Gasteiger partial charge >= 0.3 is 223 Å². The number of thioether (sulfide) groups is 3. The van der Waals surface area contributed by atoms with E-state index in [4.69, 9.17) is 0 Å². The Hall–Kier alpha value is -1.56. The van der Waals surface area contributed by atoms with Crippen LogP contribution < -0.4 is 9.47 Å². The number of rotatable bonds is 4. The van der Waals surface area contributed by atoms with Crippen LogP contribution >= 0.6 is 35.3 Å².